The average molecular weight is 282 g/mol. The minimum Gasteiger partial charge on any atom is -0.380 e. The molecule has 0 amide bonds. The highest BCUT2D eigenvalue weighted by atomic mass is 32.2. The number of sulfone groups is 1. The smallest absolute Gasteiger partial charge is 0.177 e. The maximum absolute atomic E-state index is 11.7. The molecule has 0 radical (unpaired) electrons. The number of para-hydroxylation sites is 1. The Kier molecular flexibility index (Phi) is 4.47. The summed E-state index contributed by atoms with van der Waals surface area (Å²) in [6.07, 6.45) is 3.79. The Morgan fingerprint density at radius 2 is 1.89 bits per heavy atom. The number of likely N-dealkylation sites (tertiary alicyclic amines) is 1. The van der Waals surface area contributed by atoms with Crippen molar-refractivity contribution in [3.05, 3.63) is 24.3 Å². The fourth-order valence-electron chi connectivity index (χ4n) is 2.57. The van der Waals surface area contributed by atoms with Crippen molar-refractivity contribution in [2.45, 2.75) is 30.7 Å². The molecule has 0 aliphatic carbocycles. The van der Waals surface area contributed by atoms with Gasteiger partial charge in [-0.05, 0) is 45.0 Å². The summed E-state index contributed by atoms with van der Waals surface area (Å²) in [5.41, 5.74) is 0.705. The van der Waals surface area contributed by atoms with Crippen molar-refractivity contribution in [2.75, 3.05) is 31.2 Å². The molecular weight excluding hydrogens is 260 g/mol. The number of hydrogen-bond donors (Lipinski definition) is 1. The molecule has 106 valence electrons. The van der Waals surface area contributed by atoms with Crippen molar-refractivity contribution in [3.63, 3.8) is 0 Å². The molecule has 1 aliphatic rings. The summed E-state index contributed by atoms with van der Waals surface area (Å²) in [5, 5.41) is 3.32. The Bertz CT molecular complexity index is 522. The van der Waals surface area contributed by atoms with Crippen LogP contribution < -0.4 is 5.32 Å². The summed E-state index contributed by atoms with van der Waals surface area (Å²) >= 11 is 0. The molecule has 1 heterocycles. The zero-order valence-corrected chi connectivity index (χ0v) is 12.4. The Labute approximate surface area is 115 Å². The SMILES string of the molecule is CC(CN1CCCC1)Nc1ccccc1S(C)(=O)=O. The van der Waals surface area contributed by atoms with Gasteiger partial charge < -0.3 is 10.2 Å². The van der Waals surface area contributed by atoms with Crippen LogP contribution in [-0.2, 0) is 9.84 Å². The van der Waals surface area contributed by atoms with E-state index >= 15 is 0 Å². The van der Waals surface area contributed by atoms with Crippen LogP contribution in [0.4, 0.5) is 5.69 Å². The molecule has 1 saturated heterocycles. The summed E-state index contributed by atoms with van der Waals surface area (Å²) in [6, 6.07) is 7.34. The van der Waals surface area contributed by atoms with Gasteiger partial charge >= 0.3 is 0 Å². The molecule has 1 unspecified atom stereocenters. The molecule has 1 fully saturated rings. The van der Waals surface area contributed by atoms with Gasteiger partial charge in [-0.1, -0.05) is 12.1 Å². The van der Waals surface area contributed by atoms with Crippen LogP contribution in [0.3, 0.4) is 0 Å². The quantitative estimate of drug-likeness (QED) is 0.897. The fraction of sp³-hybridized carbons (Fsp3) is 0.571. The minimum absolute atomic E-state index is 0.237. The van der Waals surface area contributed by atoms with Crippen molar-refractivity contribution in [1.29, 1.82) is 0 Å². The van der Waals surface area contributed by atoms with Crippen LogP contribution in [-0.4, -0.2) is 45.2 Å². The van der Waals surface area contributed by atoms with E-state index in [0.29, 0.717) is 10.6 Å². The van der Waals surface area contributed by atoms with Crippen molar-refractivity contribution in [1.82, 2.24) is 4.90 Å². The van der Waals surface area contributed by atoms with E-state index in [1.807, 2.05) is 12.1 Å². The van der Waals surface area contributed by atoms with E-state index in [9.17, 15) is 8.42 Å². The van der Waals surface area contributed by atoms with E-state index in [-0.39, 0.29) is 6.04 Å². The van der Waals surface area contributed by atoms with Gasteiger partial charge in [0.15, 0.2) is 9.84 Å². The topological polar surface area (TPSA) is 49.4 Å². The second kappa shape index (κ2) is 5.92. The summed E-state index contributed by atoms with van der Waals surface area (Å²) in [4.78, 5) is 2.80. The first-order valence-corrected chi connectivity index (χ1v) is 8.64. The maximum atomic E-state index is 11.7. The molecule has 2 rings (SSSR count). The number of hydrogen-bond acceptors (Lipinski definition) is 4. The van der Waals surface area contributed by atoms with Crippen molar-refractivity contribution in [3.8, 4) is 0 Å². The highest BCUT2D eigenvalue weighted by Gasteiger charge is 2.17. The molecule has 5 heteroatoms. The lowest BCUT2D eigenvalue weighted by Crippen LogP contribution is -2.33. The lowest BCUT2D eigenvalue weighted by Gasteiger charge is -2.23. The van der Waals surface area contributed by atoms with Gasteiger partial charge in [-0.3, -0.25) is 0 Å². The van der Waals surface area contributed by atoms with Crippen molar-refractivity contribution < 1.29 is 8.42 Å². The largest absolute Gasteiger partial charge is 0.380 e. The van der Waals surface area contributed by atoms with Gasteiger partial charge in [0.2, 0.25) is 0 Å². The van der Waals surface area contributed by atoms with E-state index in [0.717, 1.165) is 19.6 Å². The Morgan fingerprint density at radius 1 is 1.26 bits per heavy atom. The number of nitrogens with one attached hydrogen (secondary N) is 1. The first-order valence-electron chi connectivity index (χ1n) is 6.75. The van der Waals surface area contributed by atoms with E-state index in [4.69, 9.17) is 0 Å². The zero-order chi connectivity index (χ0) is 13.9. The number of rotatable bonds is 5. The number of benzene rings is 1. The molecule has 19 heavy (non-hydrogen) atoms. The van der Waals surface area contributed by atoms with Crippen LogP contribution in [0.2, 0.25) is 0 Å². The van der Waals surface area contributed by atoms with E-state index in [1.165, 1.54) is 19.1 Å². The number of anilines is 1. The second-order valence-electron chi connectivity index (χ2n) is 5.32. The molecule has 0 aromatic heterocycles. The van der Waals surface area contributed by atoms with Gasteiger partial charge in [-0.15, -0.1) is 0 Å². The molecule has 1 N–H and O–H groups in total. The van der Waals surface area contributed by atoms with Gasteiger partial charge in [0.1, 0.15) is 0 Å². The third-order valence-electron chi connectivity index (χ3n) is 3.42. The minimum atomic E-state index is -3.18. The Morgan fingerprint density at radius 3 is 2.53 bits per heavy atom. The Hall–Kier alpha value is -1.07. The second-order valence-corrected chi connectivity index (χ2v) is 7.31. The standard InChI is InChI=1S/C14H22N2O2S/c1-12(11-16-9-5-6-10-16)15-13-7-3-4-8-14(13)19(2,17)18/h3-4,7-8,12,15H,5-6,9-11H2,1-2H3. The maximum Gasteiger partial charge on any atom is 0.177 e. The normalized spacial score (nSPS) is 18.4. The Balaban J connectivity index is 2.06. The lowest BCUT2D eigenvalue weighted by molar-refractivity contribution is 0.327. The van der Waals surface area contributed by atoms with Gasteiger partial charge in [-0.2, -0.15) is 0 Å². The van der Waals surface area contributed by atoms with E-state index in [2.05, 4.69) is 17.1 Å². The first-order chi connectivity index (χ1) is 8.97. The van der Waals surface area contributed by atoms with E-state index in [1.54, 1.807) is 12.1 Å². The van der Waals surface area contributed by atoms with Crippen LogP contribution in [0.15, 0.2) is 29.2 Å². The lowest BCUT2D eigenvalue weighted by atomic mass is 10.2. The zero-order valence-electron chi connectivity index (χ0n) is 11.6. The summed E-state index contributed by atoms with van der Waals surface area (Å²) in [7, 11) is -3.18. The van der Waals surface area contributed by atoms with E-state index < -0.39 is 9.84 Å². The average Bonchev–Trinajstić information content (AvgIpc) is 2.81. The molecule has 0 bridgehead atoms. The molecule has 1 aromatic rings. The van der Waals surface area contributed by atoms with Gasteiger partial charge in [0.25, 0.3) is 0 Å². The van der Waals surface area contributed by atoms with Gasteiger partial charge in [-0.25, -0.2) is 8.42 Å². The number of nitrogens with zero attached hydrogens (tertiary/aromatic N) is 1. The van der Waals surface area contributed by atoms with Crippen LogP contribution in [0.1, 0.15) is 19.8 Å². The molecule has 0 saturated carbocycles. The van der Waals surface area contributed by atoms with Crippen LogP contribution in [0.5, 0.6) is 0 Å². The molecule has 1 aliphatic heterocycles. The molecule has 0 spiro atoms. The highest BCUT2D eigenvalue weighted by Crippen LogP contribution is 2.21. The van der Waals surface area contributed by atoms with Gasteiger partial charge in [0.05, 0.1) is 10.6 Å². The predicted octanol–water partition coefficient (Wildman–Crippen LogP) is 1.99. The van der Waals surface area contributed by atoms with Gasteiger partial charge in [0, 0.05) is 18.8 Å². The first kappa shape index (κ1) is 14.3. The predicted molar refractivity (Wildman–Crippen MR) is 78.3 cm³/mol. The summed E-state index contributed by atoms with van der Waals surface area (Å²) < 4.78 is 23.5. The molecule has 4 nitrogen and oxygen atoms in total. The van der Waals surface area contributed by atoms with Crippen LogP contribution >= 0.6 is 0 Å². The van der Waals surface area contributed by atoms with Crippen LogP contribution in [0.25, 0.3) is 0 Å². The third kappa shape index (κ3) is 3.94. The fourth-order valence-corrected chi connectivity index (χ4v) is 3.43. The monoisotopic (exact) mass is 282 g/mol. The summed E-state index contributed by atoms with van der Waals surface area (Å²) in [5.74, 6) is 0. The molecular formula is C14H22N2O2S. The van der Waals surface area contributed by atoms with Crippen LogP contribution in [0, 0.1) is 0 Å². The highest BCUT2D eigenvalue weighted by molar-refractivity contribution is 7.90. The molecule has 1 atom stereocenters. The molecule has 1 aromatic carbocycles. The van der Waals surface area contributed by atoms with Crippen molar-refractivity contribution in [2.24, 2.45) is 0 Å². The van der Waals surface area contributed by atoms with Crippen molar-refractivity contribution >= 4 is 15.5 Å². The summed E-state index contributed by atoms with van der Waals surface area (Å²) in [6.45, 7) is 5.36. The third-order valence-corrected chi connectivity index (χ3v) is 4.57.